The zero-order valence-electron chi connectivity index (χ0n) is 20.7. The summed E-state index contributed by atoms with van der Waals surface area (Å²) in [5.74, 6) is 0.410. The number of rotatable bonds is 1. The number of nitrogens with zero attached hydrogens (tertiary/aromatic N) is 4. The van der Waals surface area contributed by atoms with Gasteiger partial charge in [0.05, 0.1) is 49.0 Å². The van der Waals surface area contributed by atoms with Crippen molar-refractivity contribution in [1.82, 2.24) is 20.1 Å². The van der Waals surface area contributed by atoms with Crippen molar-refractivity contribution in [3.05, 3.63) is 60.0 Å². The molecule has 2 aromatic heterocycles. The van der Waals surface area contributed by atoms with E-state index >= 15 is 4.39 Å². The van der Waals surface area contributed by atoms with Gasteiger partial charge in [0.25, 0.3) is 0 Å². The Labute approximate surface area is 218 Å². The molecule has 3 aliphatic rings. The molecule has 0 spiro atoms. The van der Waals surface area contributed by atoms with E-state index in [9.17, 15) is 4.79 Å². The second-order valence-electron chi connectivity index (χ2n) is 9.77. The fraction of sp³-hybridized carbons (Fsp3) is 0.321. The third kappa shape index (κ3) is 3.92. The zero-order valence-corrected chi connectivity index (χ0v) is 20.7. The molecule has 1 amide bonds. The summed E-state index contributed by atoms with van der Waals surface area (Å²) in [5, 5.41) is 8.48. The van der Waals surface area contributed by atoms with Gasteiger partial charge in [-0.2, -0.15) is 5.10 Å². The van der Waals surface area contributed by atoms with Gasteiger partial charge >= 0.3 is 6.09 Å². The number of cyclic esters (lactones) is 1. The molecule has 2 aromatic carbocycles. The molecule has 4 bridgehead atoms. The van der Waals surface area contributed by atoms with Crippen LogP contribution < -0.4 is 9.64 Å². The van der Waals surface area contributed by atoms with Crippen LogP contribution in [0.15, 0.2) is 48.7 Å². The van der Waals surface area contributed by atoms with Crippen molar-refractivity contribution in [3.63, 3.8) is 0 Å². The Balaban J connectivity index is 1.31. The summed E-state index contributed by atoms with van der Waals surface area (Å²) in [6.07, 6.45) is 2.12. The Kier molecular flexibility index (Phi) is 5.61. The molecule has 5 heterocycles. The molecule has 1 atom stereocenters. The standard InChI is InChI=1S/C28H26FN5O4/c29-21-4-1-3-18-15-36-9-2-10-37-25-11-17(27-20-12-22(26(18)21)30-13-23(20)31-32-27)5-6-24(25)33-7-8-34-19(14-33)16-38-28(34)35/h1,3-6,11-13,19H,2,7-10,14-16H2,(H,31,32)/t19-/m1/s1. The van der Waals surface area contributed by atoms with E-state index in [0.717, 1.165) is 39.2 Å². The van der Waals surface area contributed by atoms with Crippen molar-refractivity contribution in [1.29, 1.82) is 0 Å². The number of pyridine rings is 1. The van der Waals surface area contributed by atoms with Gasteiger partial charge in [0, 0.05) is 42.6 Å². The number of hydrogen-bond acceptors (Lipinski definition) is 7. The molecular formula is C28H26FN5O4. The third-order valence-electron chi connectivity index (χ3n) is 7.44. The number of hydrogen-bond donors (Lipinski definition) is 1. The predicted octanol–water partition coefficient (Wildman–Crippen LogP) is 4.37. The normalized spacial score (nSPS) is 19.4. The average Bonchev–Trinajstić information content (AvgIpc) is 3.53. The van der Waals surface area contributed by atoms with Crippen LogP contribution in [-0.4, -0.2) is 71.7 Å². The van der Waals surface area contributed by atoms with E-state index in [1.165, 1.54) is 6.07 Å². The van der Waals surface area contributed by atoms with Gasteiger partial charge in [-0.25, -0.2) is 9.18 Å². The first-order valence-corrected chi connectivity index (χ1v) is 12.8. The van der Waals surface area contributed by atoms with E-state index in [0.29, 0.717) is 57.1 Å². The van der Waals surface area contributed by atoms with Crippen LogP contribution in [-0.2, 0) is 16.1 Å². The highest BCUT2D eigenvalue weighted by Gasteiger charge is 2.38. The van der Waals surface area contributed by atoms with Crippen molar-refractivity contribution in [2.75, 3.05) is 44.4 Å². The molecule has 194 valence electrons. The Morgan fingerprint density at radius 1 is 1.08 bits per heavy atom. The molecule has 0 saturated carbocycles. The molecule has 2 saturated heterocycles. The molecule has 1 N–H and O–H groups in total. The number of amides is 1. The van der Waals surface area contributed by atoms with E-state index < -0.39 is 0 Å². The number of ether oxygens (including phenoxy) is 3. The highest BCUT2D eigenvalue weighted by Crippen LogP contribution is 2.38. The number of carbonyl (C=O) groups is 1. The monoisotopic (exact) mass is 515 g/mol. The van der Waals surface area contributed by atoms with E-state index in [2.05, 4.69) is 20.1 Å². The number of nitrogens with one attached hydrogen (secondary N) is 1. The van der Waals surface area contributed by atoms with Gasteiger partial charge in [-0.3, -0.25) is 15.0 Å². The quantitative estimate of drug-likeness (QED) is 0.402. The second kappa shape index (κ2) is 9.29. The molecule has 7 rings (SSSR count). The fourth-order valence-electron chi connectivity index (χ4n) is 5.52. The molecule has 3 aliphatic heterocycles. The number of H-pyrrole nitrogens is 1. The summed E-state index contributed by atoms with van der Waals surface area (Å²) in [6, 6.07) is 13.0. The zero-order chi connectivity index (χ0) is 25.6. The predicted molar refractivity (Wildman–Crippen MR) is 139 cm³/mol. The van der Waals surface area contributed by atoms with Crippen LogP contribution in [0.4, 0.5) is 14.9 Å². The Hall–Kier alpha value is -4.18. The van der Waals surface area contributed by atoms with Crippen LogP contribution in [0.5, 0.6) is 5.75 Å². The first-order valence-electron chi connectivity index (χ1n) is 12.8. The summed E-state index contributed by atoms with van der Waals surface area (Å²) in [7, 11) is 0. The van der Waals surface area contributed by atoms with Crippen molar-refractivity contribution in [2.45, 2.75) is 19.1 Å². The minimum atomic E-state index is -0.336. The smallest absolute Gasteiger partial charge is 0.410 e. The first kappa shape index (κ1) is 23.0. The van der Waals surface area contributed by atoms with Crippen LogP contribution in [0.3, 0.4) is 0 Å². The van der Waals surface area contributed by atoms with Crippen molar-refractivity contribution >= 4 is 22.7 Å². The van der Waals surface area contributed by atoms with Gasteiger partial charge in [-0.05, 0) is 29.8 Å². The topological polar surface area (TPSA) is 92.8 Å². The maximum Gasteiger partial charge on any atom is 0.410 e. The average molecular weight is 516 g/mol. The fourth-order valence-corrected chi connectivity index (χ4v) is 5.52. The number of fused-ring (bicyclic) bond motifs is 7. The van der Waals surface area contributed by atoms with Crippen LogP contribution in [0.1, 0.15) is 12.0 Å². The SMILES string of the molecule is O=C1OC[C@H]2CN(c3ccc4cc3OCCCOCc3cccc(F)c3-c3cc5c-4n[nH]c5cn3)CCN12. The van der Waals surface area contributed by atoms with Crippen LogP contribution >= 0.6 is 0 Å². The van der Waals surface area contributed by atoms with Crippen LogP contribution in [0, 0.1) is 5.82 Å². The molecular weight excluding hydrogens is 489 g/mol. The third-order valence-corrected chi connectivity index (χ3v) is 7.44. The Morgan fingerprint density at radius 2 is 2.03 bits per heavy atom. The lowest BCUT2D eigenvalue weighted by atomic mass is 10.0. The summed E-state index contributed by atoms with van der Waals surface area (Å²) in [6.45, 7) is 3.58. The number of carbonyl (C=O) groups excluding carboxylic acids is 1. The summed E-state index contributed by atoms with van der Waals surface area (Å²) in [4.78, 5) is 20.5. The number of aromatic amines is 1. The van der Waals surface area contributed by atoms with Crippen LogP contribution in [0.25, 0.3) is 33.4 Å². The summed E-state index contributed by atoms with van der Waals surface area (Å²) < 4.78 is 32.5. The largest absolute Gasteiger partial charge is 0.491 e. The summed E-state index contributed by atoms with van der Waals surface area (Å²) in [5.41, 5.74) is 5.07. The van der Waals surface area contributed by atoms with Gasteiger partial charge in [0.1, 0.15) is 23.9 Å². The Bertz CT molecular complexity index is 1540. The van der Waals surface area contributed by atoms with Gasteiger partial charge in [0.2, 0.25) is 0 Å². The van der Waals surface area contributed by atoms with Crippen molar-refractivity contribution in [3.8, 4) is 28.3 Å². The second-order valence-corrected chi connectivity index (χ2v) is 9.77. The summed E-state index contributed by atoms with van der Waals surface area (Å²) >= 11 is 0. The molecule has 9 nitrogen and oxygen atoms in total. The minimum absolute atomic E-state index is 0.0296. The number of aromatic nitrogens is 3. The minimum Gasteiger partial charge on any atom is -0.491 e. The van der Waals surface area contributed by atoms with Crippen LogP contribution in [0.2, 0.25) is 0 Å². The molecule has 0 radical (unpaired) electrons. The first-order chi connectivity index (χ1) is 18.7. The van der Waals surface area contributed by atoms with Crippen molar-refractivity contribution < 1.29 is 23.4 Å². The van der Waals surface area contributed by atoms with E-state index in [-0.39, 0.29) is 24.6 Å². The lowest BCUT2D eigenvalue weighted by Gasteiger charge is -2.37. The molecule has 10 heteroatoms. The molecule has 4 aromatic rings. The lowest BCUT2D eigenvalue weighted by molar-refractivity contribution is 0.107. The molecule has 0 unspecified atom stereocenters. The maximum atomic E-state index is 15.0. The molecule has 0 aliphatic carbocycles. The lowest BCUT2D eigenvalue weighted by Crippen LogP contribution is -2.52. The Morgan fingerprint density at radius 3 is 2.97 bits per heavy atom. The number of anilines is 1. The number of benzene rings is 2. The van der Waals surface area contributed by atoms with Gasteiger partial charge in [-0.1, -0.05) is 18.2 Å². The van der Waals surface area contributed by atoms with E-state index in [1.807, 2.05) is 30.3 Å². The van der Waals surface area contributed by atoms with Gasteiger partial charge in [-0.15, -0.1) is 0 Å². The maximum absolute atomic E-state index is 15.0. The molecule has 38 heavy (non-hydrogen) atoms. The van der Waals surface area contributed by atoms with Gasteiger partial charge < -0.3 is 19.1 Å². The van der Waals surface area contributed by atoms with E-state index in [1.54, 1.807) is 17.2 Å². The molecule has 2 fully saturated rings. The van der Waals surface area contributed by atoms with Gasteiger partial charge in [0.15, 0.2) is 0 Å². The number of halogens is 1. The number of piperazine rings is 1. The highest BCUT2D eigenvalue weighted by atomic mass is 19.1. The van der Waals surface area contributed by atoms with E-state index in [4.69, 9.17) is 14.2 Å². The van der Waals surface area contributed by atoms with Crippen molar-refractivity contribution in [2.24, 2.45) is 0 Å². The highest BCUT2D eigenvalue weighted by molar-refractivity contribution is 5.95.